The van der Waals surface area contributed by atoms with Gasteiger partial charge in [0.25, 0.3) is 0 Å². The third-order valence-electron chi connectivity index (χ3n) is 15.0. The second-order valence-corrected chi connectivity index (χ2v) is 17.3. The van der Waals surface area contributed by atoms with Crippen LogP contribution < -0.4 is 10.6 Å². The first-order chi connectivity index (χ1) is 20.0. The van der Waals surface area contributed by atoms with E-state index in [1.165, 1.54) is 51.4 Å². The van der Waals surface area contributed by atoms with E-state index in [1.54, 1.807) is 0 Å². The lowest BCUT2D eigenvalue weighted by atomic mass is 9.44. The zero-order valence-corrected chi connectivity index (χ0v) is 26.6. The maximum atomic E-state index is 12.9. The van der Waals surface area contributed by atoms with Crippen LogP contribution in [0.25, 0.3) is 0 Å². The Balaban J connectivity index is 0.890. The molecule has 8 rings (SSSR count). The maximum Gasteiger partial charge on any atom is 0.232 e. The van der Waals surface area contributed by atoms with Crippen LogP contribution in [0.15, 0.2) is 0 Å². The lowest BCUT2D eigenvalue weighted by Crippen LogP contribution is -2.67. The molecule has 2 spiro atoms. The van der Waals surface area contributed by atoms with Crippen molar-refractivity contribution < 1.29 is 19.1 Å². The fourth-order valence-corrected chi connectivity index (χ4v) is 12.6. The number of hydrogen-bond acceptors (Lipinski definition) is 5. The maximum absolute atomic E-state index is 12.9. The van der Waals surface area contributed by atoms with Gasteiger partial charge in [0.2, 0.25) is 11.8 Å². The number of rotatable bonds is 3. The quantitative estimate of drug-likeness (QED) is 0.471. The molecule has 8 aliphatic rings. The van der Waals surface area contributed by atoms with Crippen molar-refractivity contribution in [2.75, 3.05) is 32.8 Å². The second kappa shape index (κ2) is 9.66. The lowest BCUT2D eigenvalue weighted by Gasteiger charge is -2.61. The number of ether oxygens (including phenoxy) is 2. The van der Waals surface area contributed by atoms with Crippen molar-refractivity contribution >= 4 is 11.8 Å². The monoisotopic (exact) mass is 581 g/mol. The molecule has 2 N–H and O–H groups in total. The molecular formula is C35H55N3O4. The molecule has 0 aromatic carbocycles. The number of likely N-dealkylation sites (tertiary alicyclic amines) is 1. The van der Waals surface area contributed by atoms with Gasteiger partial charge in [-0.05, 0) is 111 Å². The largest absolute Gasteiger partial charge is 0.380 e. The van der Waals surface area contributed by atoms with Crippen LogP contribution in [-0.4, -0.2) is 67.4 Å². The Morgan fingerprint density at radius 2 is 1.71 bits per heavy atom. The molecule has 7 heteroatoms. The van der Waals surface area contributed by atoms with Gasteiger partial charge < -0.3 is 19.7 Å². The average Bonchev–Trinajstić information content (AvgIpc) is 3.34. The predicted octanol–water partition coefficient (Wildman–Crippen LogP) is 4.74. The molecule has 0 bridgehead atoms. The smallest absolute Gasteiger partial charge is 0.232 e. The van der Waals surface area contributed by atoms with E-state index in [-0.39, 0.29) is 35.4 Å². The molecule has 234 valence electrons. The summed E-state index contributed by atoms with van der Waals surface area (Å²) in [5.41, 5.74) is 0.908. The number of carbonyl (C=O) groups is 2. The third-order valence-corrected chi connectivity index (χ3v) is 15.0. The summed E-state index contributed by atoms with van der Waals surface area (Å²) < 4.78 is 12.4. The van der Waals surface area contributed by atoms with Gasteiger partial charge in [0.05, 0.1) is 24.7 Å². The molecule has 0 aromatic rings. The standard InChI is InChI=1S/C35H55N3O4/c1-21-7-12-35(36-16-21)22(2)31-28(42-35)14-27-25-6-5-23-13-24(8-10-32(23,3)26(25)9-11-33(27,31)4)37-29(39)15-30(40)38-17-34(18-38)19-41-20-34/h21-28,31,36H,5-20H2,1-4H3,(H,37,39)/t21-,22+,23+,24?,25-,26+,27+,28+,31+,32+,33+,35-/m1/s1. The first-order valence-electron chi connectivity index (χ1n) is 17.6. The molecule has 1 unspecified atom stereocenters. The molecule has 4 aliphatic carbocycles. The Labute approximate surface area is 253 Å². The van der Waals surface area contributed by atoms with Crippen LogP contribution in [0.1, 0.15) is 98.3 Å². The number of amides is 2. The Hall–Kier alpha value is -1.18. The van der Waals surface area contributed by atoms with E-state index >= 15 is 0 Å². The molecule has 42 heavy (non-hydrogen) atoms. The van der Waals surface area contributed by atoms with E-state index in [1.807, 2.05) is 4.90 Å². The highest BCUT2D eigenvalue weighted by Crippen LogP contribution is 2.71. The average molecular weight is 582 g/mol. The minimum absolute atomic E-state index is 0.00100. The van der Waals surface area contributed by atoms with Gasteiger partial charge in [0.15, 0.2) is 0 Å². The second-order valence-electron chi connectivity index (χ2n) is 17.3. The van der Waals surface area contributed by atoms with Crippen molar-refractivity contribution in [3.05, 3.63) is 0 Å². The number of piperidine rings is 1. The van der Waals surface area contributed by atoms with Crippen LogP contribution in [0, 0.1) is 57.7 Å². The number of hydrogen-bond donors (Lipinski definition) is 2. The van der Waals surface area contributed by atoms with E-state index < -0.39 is 0 Å². The van der Waals surface area contributed by atoms with Crippen LogP contribution in [0.5, 0.6) is 0 Å². The van der Waals surface area contributed by atoms with Crippen LogP contribution in [0.4, 0.5) is 0 Å². The van der Waals surface area contributed by atoms with E-state index in [0.717, 1.165) is 69.4 Å². The topological polar surface area (TPSA) is 79.9 Å². The van der Waals surface area contributed by atoms with Gasteiger partial charge in [0, 0.05) is 31.6 Å². The minimum atomic E-state index is -0.0767. The molecule has 0 aromatic heterocycles. The summed E-state index contributed by atoms with van der Waals surface area (Å²) in [4.78, 5) is 27.4. The van der Waals surface area contributed by atoms with Gasteiger partial charge in [0.1, 0.15) is 12.1 Å². The van der Waals surface area contributed by atoms with Crippen molar-refractivity contribution in [3.63, 3.8) is 0 Å². The molecule has 4 aliphatic heterocycles. The Kier molecular flexibility index (Phi) is 6.51. The van der Waals surface area contributed by atoms with Crippen molar-refractivity contribution in [1.29, 1.82) is 0 Å². The van der Waals surface area contributed by atoms with Crippen molar-refractivity contribution in [2.24, 2.45) is 57.7 Å². The summed E-state index contributed by atoms with van der Waals surface area (Å²) in [5, 5.41) is 7.20. The van der Waals surface area contributed by atoms with E-state index in [4.69, 9.17) is 9.47 Å². The molecule has 7 nitrogen and oxygen atoms in total. The number of carbonyl (C=O) groups excluding carboxylic acids is 2. The summed E-state index contributed by atoms with van der Waals surface area (Å²) in [6, 6.07) is 0.221. The summed E-state index contributed by atoms with van der Waals surface area (Å²) in [7, 11) is 0. The van der Waals surface area contributed by atoms with Gasteiger partial charge in [-0.1, -0.05) is 27.7 Å². The van der Waals surface area contributed by atoms with Gasteiger partial charge >= 0.3 is 0 Å². The Bertz CT molecular complexity index is 1110. The van der Waals surface area contributed by atoms with Crippen molar-refractivity contribution in [1.82, 2.24) is 15.5 Å². The zero-order valence-electron chi connectivity index (χ0n) is 26.6. The SMILES string of the molecule is C[C@@H]1CC[C@@]2(NC1)O[C@H]1C[C@H]3[C@@H]4CC[C@H]5CC(NC(=O)CC(=O)N6CC7(COC7)C6)CC[C@]5(C)[C@H]4CC[C@]3(C)[C@H]1[C@@H]2C. The van der Waals surface area contributed by atoms with E-state index in [0.29, 0.717) is 34.7 Å². The first kappa shape index (κ1) is 28.3. The van der Waals surface area contributed by atoms with Crippen molar-refractivity contribution in [3.8, 4) is 0 Å². The number of fused-ring (bicyclic) bond motifs is 7. The predicted molar refractivity (Wildman–Crippen MR) is 160 cm³/mol. The molecule has 4 saturated heterocycles. The number of nitrogens with one attached hydrogen (secondary N) is 2. The van der Waals surface area contributed by atoms with Gasteiger partial charge in [-0.25, -0.2) is 0 Å². The summed E-state index contributed by atoms with van der Waals surface area (Å²) in [6.07, 6.45) is 12.9. The van der Waals surface area contributed by atoms with Crippen molar-refractivity contribution in [2.45, 2.75) is 116 Å². The van der Waals surface area contributed by atoms with Crippen LogP contribution in [0.3, 0.4) is 0 Å². The summed E-state index contributed by atoms with van der Waals surface area (Å²) in [6.45, 7) is 14.3. The third kappa shape index (κ3) is 4.07. The Morgan fingerprint density at radius 3 is 2.43 bits per heavy atom. The van der Waals surface area contributed by atoms with Crippen LogP contribution in [0.2, 0.25) is 0 Å². The molecule has 8 fully saturated rings. The van der Waals surface area contributed by atoms with E-state index in [9.17, 15) is 9.59 Å². The highest BCUT2D eigenvalue weighted by molar-refractivity contribution is 5.97. The molecular weight excluding hydrogens is 526 g/mol. The van der Waals surface area contributed by atoms with Gasteiger partial charge in [-0.15, -0.1) is 0 Å². The zero-order chi connectivity index (χ0) is 29.1. The summed E-state index contributed by atoms with van der Waals surface area (Å²) >= 11 is 0. The number of nitrogens with zero attached hydrogens (tertiary/aromatic N) is 1. The molecule has 2 amide bonds. The Morgan fingerprint density at radius 1 is 0.929 bits per heavy atom. The minimum Gasteiger partial charge on any atom is -0.380 e. The van der Waals surface area contributed by atoms with Gasteiger partial charge in [-0.2, -0.15) is 0 Å². The van der Waals surface area contributed by atoms with Crippen LogP contribution >= 0.6 is 0 Å². The molecule has 4 saturated carbocycles. The summed E-state index contributed by atoms with van der Waals surface area (Å²) in [5.74, 6) is 5.05. The first-order valence-corrected chi connectivity index (χ1v) is 17.6. The lowest BCUT2D eigenvalue weighted by molar-refractivity contribution is -0.195. The molecule has 4 heterocycles. The highest BCUT2D eigenvalue weighted by atomic mass is 16.5. The van der Waals surface area contributed by atoms with E-state index in [2.05, 4.69) is 38.3 Å². The molecule has 0 radical (unpaired) electrons. The normalized spacial score (nSPS) is 52.0. The van der Waals surface area contributed by atoms with Gasteiger partial charge in [-0.3, -0.25) is 14.9 Å². The molecule has 12 atom stereocenters. The fourth-order valence-electron chi connectivity index (χ4n) is 12.6. The van der Waals surface area contributed by atoms with Crippen LogP contribution in [-0.2, 0) is 19.1 Å². The fraction of sp³-hybridized carbons (Fsp3) is 0.943. The highest BCUT2D eigenvalue weighted by Gasteiger charge is 2.68.